The van der Waals surface area contributed by atoms with Gasteiger partial charge in [0.2, 0.25) is 0 Å². The van der Waals surface area contributed by atoms with Gasteiger partial charge in [-0.25, -0.2) is 0 Å². The minimum atomic E-state index is 0.663. The van der Waals surface area contributed by atoms with Crippen molar-refractivity contribution >= 4 is 5.69 Å². The molecule has 2 aromatic carbocycles. The molecule has 0 aliphatic rings. The zero-order chi connectivity index (χ0) is 13.7. The van der Waals surface area contributed by atoms with Crippen molar-refractivity contribution in [2.75, 3.05) is 18.5 Å². The Morgan fingerprint density at radius 3 is 2.32 bits per heavy atom. The first-order chi connectivity index (χ1) is 9.15. The molecule has 0 radical (unpaired) electrons. The van der Waals surface area contributed by atoms with Crippen LogP contribution in [0, 0.1) is 20.8 Å². The Labute approximate surface area is 115 Å². The maximum atomic E-state index is 5.69. The molecule has 0 heterocycles. The standard InChI is InChI=1S/C17H21NO/c1-13-5-8-16(9-6-13)19-11-10-18-17-12-14(2)4-7-15(17)3/h4-9,12,18H,10-11H2,1-3H3. The van der Waals surface area contributed by atoms with Crippen molar-refractivity contribution in [1.29, 1.82) is 0 Å². The third kappa shape index (κ3) is 4.02. The van der Waals surface area contributed by atoms with Crippen LogP contribution in [0.3, 0.4) is 0 Å². The SMILES string of the molecule is Cc1ccc(OCCNc2cc(C)ccc2C)cc1. The van der Waals surface area contributed by atoms with Gasteiger partial charge in [-0.05, 0) is 50.1 Å². The zero-order valence-electron chi connectivity index (χ0n) is 11.9. The van der Waals surface area contributed by atoms with Crippen LogP contribution in [0.15, 0.2) is 42.5 Å². The van der Waals surface area contributed by atoms with Gasteiger partial charge in [-0.3, -0.25) is 0 Å². The van der Waals surface area contributed by atoms with Crippen molar-refractivity contribution in [1.82, 2.24) is 0 Å². The second-order valence-corrected chi connectivity index (χ2v) is 4.91. The largest absolute Gasteiger partial charge is 0.492 e. The molecule has 2 aromatic rings. The van der Waals surface area contributed by atoms with Crippen molar-refractivity contribution in [2.24, 2.45) is 0 Å². The van der Waals surface area contributed by atoms with Gasteiger partial charge in [-0.1, -0.05) is 29.8 Å². The first kappa shape index (κ1) is 13.5. The first-order valence-corrected chi connectivity index (χ1v) is 6.66. The van der Waals surface area contributed by atoms with Gasteiger partial charge in [0.25, 0.3) is 0 Å². The fourth-order valence-corrected chi connectivity index (χ4v) is 1.92. The first-order valence-electron chi connectivity index (χ1n) is 6.66. The summed E-state index contributed by atoms with van der Waals surface area (Å²) < 4.78 is 5.69. The Kier molecular flexibility index (Phi) is 4.45. The average Bonchev–Trinajstić information content (AvgIpc) is 2.40. The molecule has 0 aliphatic carbocycles. The van der Waals surface area contributed by atoms with E-state index >= 15 is 0 Å². The van der Waals surface area contributed by atoms with Crippen LogP contribution in [-0.2, 0) is 0 Å². The van der Waals surface area contributed by atoms with Crippen molar-refractivity contribution in [2.45, 2.75) is 20.8 Å². The lowest BCUT2D eigenvalue weighted by Crippen LogP contribution is -2.12. The Morgan fingerprint density at radius 1 is 0.895 bits per heavy atom. The molecular formula is C17H21NO. The van der Waals surface area contributed by atoms with Gasteiger partial charge in [-0.2, -0.15) is 0 Å². The van der Waals surface area contributed by atoms with Crippen LogP contribution in [0.4, 0.5) is 5.69 Å². The summed E-state index contributed by atoms with van der Waals surface area (Å²) in [6.45, 7) is 7.76. The zero-order valence-corrected chi connectivity index (χ0v) is 11.9. The molecule has 0 aromatic heterocycles. The molecule has 19 heavy (non-hydrogen) atoms. The van der Waals surface area contributed by atoms with Gasteiger partial charge in [-0.15, -0.1) is 0 Å². The molecule has 0 saturated heterocycles. The molecule has 2 rings (SSSR count). The Bertz CT molecular complexity index is 531. The molecule has 2 heteroatoms. The quantitative estimate of drug-likeness (QED) is 0.812. The van der Waals surface area contributed by atoms with E-state index < -0.39 is 0 Å². The predicted octanol–water partition coefficient (Wildman–Crippen LogP) is 4.10. The van der Waals surface area contributed by atoms with E-state index in [1.807, 2.05) is 12.1 Å². The van der Waals surface area contributed by atoms with Gasteiger partial charge >= 0.3 is 0 Å². The van der Waals surface area contributed by atoms with E-state index in [1.54, 1.807) is 0 Å². The molecule has 0 unspecified atom stereocenters. The molecule has 0 amide bonds. The summed E-state index contributed by atoms with van der Waals surface area (Å²) in [6.07, 6.45) is 0. The lowest BCUT2D eigenvalue weighted by Gasteiger charge is -2.11. The molecule has 2 nitrogen and oxygen atoms in total. The minimum Gasteiger partial charge on any atom is -0.492 e. The van der Waals surface area contributed by atoms with Crippen molar-refractivity contribution in [3.63, 3.8) is 0 Å². The van der Waals surface area contributed by atoms with Gasteiger partial charge in [0.05, 0.1) is 0 Å². The summed E-state index contributed by atoms with van der Waals surface area (Å²) in [5, 5.41) is 3.41. The molecule has 0 saturated carbocycles. The normalized spacial score (nSPS) is 10.3. The van der Waals surface area contributed by atoms with Crippen LogP contribution >= 0.6 is 0 Å². The number of ether oxygens (including phenoxy) is 1. The Hall–Kier alpha value is -1.96. The number of aryl methyl sites for hydroxylation is 3. The Balaban J connectivity index is 1.80. The lowest BCUT2D eigenvalue weighted by molar-refractivity contribution is 0.333. The van der Waals surface area contributed by atoms with Crippen LogP contribution in [0.5, 0.6) is 5.75 Å². The average molecular weight is 255 g/mol. The summed E-state index contributed by atoms with van der Waals surface area (Å²) >= 11 is 0. The van der Waals surface area contributed by atoms with E-state index in [0.717, 1.165) is 12.3 Å². The van der Waals surface area contributed by atoms with Gasteiger partial charge < -0.3 is 10.1 Å². The lowest BCUT2D eigenvalue weighted by atomic mass is 10.1. The van der Waals surface area contributed by atoms with Crippen LogP contribution in [0.2, 0.25) is 0 Å². The molecule has 100 valence electrons. The number of rotatable bonds is 5. The van der Waals surface area contributed by atoms with E-state index in [1.165, 1.54) is 22.4 Å². The summed E-state index contributed by atoms with van der Waals surface area (Å²) in [6, 6.07) is 14.6. The topological polar surface area (TPSA) is 21.3 Å². The second-order valence-electron chi connectivity index (χ2n) is 4.91. The van der Waals surface area contributed by atoms with Crippen molar-refractivity contribution < 1.29 is 4.74 Å². The maximum absolute atomic E-state index is 5.69. The molecule has 0 atom stereocenters. The van der Waals surface area contributed by atoms with Crippen LogP contribution in [-0.4, -0.2) is 13.2 Å². The highest BCUT2D eigenvalue weighted by atomic mass is 16.5. The molecule has 0 spiro atoms. The summed E-state index contributed by atoms with van der Waals surface area (Å²) in [7, 11) is 0. The van der Waals surface area contributed by atoms with Gasteiger partial charge in [0.15, 0.2) is 0 Å². The monoisotopic (exact) mass is 255 g/mol. The third-order valence-electron chi connectivity index (χ3n) is 3.10. The molecule has 0 bridgehead atoms. The van der Waals surface area contributed by atoms with E-state index in [4.69, 9.17) is 4.74 Å². The van der Waals surface area contributed by atoms with Crippen molar-refractivity contribution in [3.8, 4) is 5.75 Å². The van der Waals surface area contributed by atoms with Gasteiger partial charge in [0, 0.05) is 12.2 Å². The van der Waals surface area contributed by atoms with E-state index in [9.17, 15) is 0 Å². The number of nitrogens with one attached hydrogen (secondary N) is 1. The van der Waals surface area contributed by atoms with E-state index in [-0.39, 0.29) is 0 Å². The fraction of sp³-hybridized carbons (Fsp3) is 0.294. The number of anilines is 1. The molecule has 1 N–H and O–H groups in total. The van der Waals surface area contributed by atoms with E-state index in [2.05, 4.69) is 56.4 Å². The number of benzene rings is 2. The molecule has 0 aliphatic heterocycles. The number of hydrogen-bond acceptors (Lipinski definition) is 2. The highest BCUT2D eigenvalue weighted by Gasteiger charge is 1.98. The fourth-order valence-electron chi connectivity index (χ4n) is 1.92. The van der Waals surface area contributed by atoms with Crippen LogP contribution < -0.4 is 10.1 Å². The highest BCUT2D eigenvalue weighted by Crippen LogP contribution is 2.16. The predicted molar refractivity (Wildman–Crippen MR) is 81.1 cm³/mol. The summed E-state index contributed by atoms with van der Waals surface area (Å²) in [5.41, 5.74) is 4.97. The highest BCUT2D eigenvalue weighted by molar-refractivity contribution is 5.52. The smallest absolute Gasteiger partial charge is 0.119 e. The molecular weight excluding hydrogens is 234 g/mol. The van der Waals surface area contributed by atoms with Gasteiger partial charge in [0.1, 0.15) is 12.4 Å². The minimum absolute atomic E-state index is 0.663. The summed E-state index contributed by atoms with van der Waals surface area (Å²) in [4.78, 5) is 0. The van der Waals surface area contributed by atoms with E-state index in [0.29, 0.717) is 6.61 Å². The second kappa shape index (κ2) is 6.28. The van der Waals surface area contributed by atoms with Crippen LogP contribution in [0.25, 0.3) is 0 Å². The number of hydrogen-bond donors (Lipinski definition) is 1. The summed E-state index contributed by atoms with van der Waals surface area (Å²) in [5.74, 6) is 0.924. The Morgan fingerprint density at radius 2 is 1.58 bits per heavy atom. The van der Waals surface area contributed by atoms with Crippen LogP contribution in [0.1, 0.15) is 16.7 Å². The van der Waals surface area contributed by atoms with Crippen molar-refractivity contribution in [3.05, 3.63) is 59.2 Å². The third-order valence-corrected chi connectivity index (χ3v) is 3.10. The molecule has 0 fully saturated rings. The maximum Gasteiger partial charge on any atom is 0.119 e.